The van der Waals surface area contributed by atoms with Crippen LogP contribution in [0.4, 0.5) is 0 Å². The number of aromatic amines is 1. The zero-order chi connectivity index (χ0) is 26.8. The van der Waals surface area contributed by atoms with E-state index in [2.05, 4.69) is 69.1 Å². The van der Waals surface area contributed by atoms with Crippen molar-refractivity contribution in [3.8, 4) is 22.4 Å². The van der Waals surface area contributed by atoms with Crippen molar-refractivity contribution in [1.29, 1.82) is 0 Å². The Kier molecular flexibility index (Phi) is 6.13. The Hall–Kier alpha value is -2.37. The third-order valence-corrected chi connectivity index (χ3v) is 10.9. The van der Waals surface area contributed by atoms with E-state index in [-0.39, 0.29) is 18.3 Å². The Morgan fingerprint density at radius 1 is 0.795 bits per heavy atom. The number of imidazole rings is 1. The number of nitrogens with zero attached hydrogens (tertiary/aromatic N) is 1. The number of benzene rings is 2. The first-order valence-electron chi connectivity index (χ1n) is 15.4. The van der Waals surface area contributed by atoms with Gasteiger partial charge in [0.15, 0.2) is 0 Å². The normalized spacial score (nSPS) is 23.5. The van der Waals surface area contributed by atoms with Gasteiger partial charge in [-0.3, -0.25) is 0 Å². The summed E-state index contributed by atoms with van der Waals surface area (Å²) in [7, 11) is -0.296. The van der Waals surface area contributed by atoms with Crippen LogP contribution < -0.4 is 5.46 Å². The molecule has 3 fully saturated rings. The van der Waals surface area contributed by atoms with Crippen molar-refractivity contribution in [2.75, 3.05) is 0 Å². The molecule has 2 heterocycles. The zero-order valence-corrected chi connectivity index (χ0v) is 24.2. The van der Waals surface area contributed by atoms with E-state index in [0.717, 1.165) is 12.1 Å². The van der Waals surface area contributed by atoms with Crippen molar-refractivity contribution in [1.82, 2.24) is 9.97 Å². The summed E-state index contributed by atoms with van der Waals surface area (Å²) in [5.74, 6) is 1.77. The number of fused-ring (bicyclic) bond motifs is 2. The van der Waals surface area contributed by atoms with E-state index >= 15 is 0 Å². The van der Waals surface area contributed by atoms with Gasteiger partial charge in [-0.05, 0) is 105 Å². The minimum Gasteiger partial charge on any atom is -0.399 e. The fraction of sp³-hybridized carbons (Fsp3) is 0.559. The average Bonchev–Trinajstić information content (AvgIpc) is 3.72. The number of aromatic nitrogens is 2. The monoisotopic (exact) mass is 522 g/mol. The minimum absolute atomic E-state index is 0.296. The van der Waals surface area contributed by atoms with Gasteiger partial charge in [-0.2, -0.15) is 0 Å². The van der Waals surface area contributed by atoms with Crippen molar-refractivity contribution < 1.29 is 9.31 Å². The van der Waals surface area contributed by atoms with Crippen molar-refractivity contribution in [2.24, 2.45) is 0 Å². The topological polar surface area (TPSA) is 47.1 Å². The average molecular weight is 523 g/mol. The lowest BCUT2D eigenvalue weighted by atomic mass is 9.70. The van der Waals surface area contributed by atoms with Gasteiger partial charge < -0.3 is 14.3 Å². The molecular formula is C34H43BN2O2. The van der Waals surface area contributed by atoms with E-state index in [9.17, 15) is 0 Å². The molecule has 1 spiro atoms. The molecule has 5 heteroatoms. The van der Waals surface area contributed by atoms with Gasteiger partial charge in [0.2, 0.25) is 0 Å². The Labute approximate surface area is 234 Å². The standard InChI is InChI=1S/C34H43BN2O2/c1-32(2)33(3,4)39-35(38-32)28-17-16-26(30-27(28)18-21-34(30)19-8-9-20-34)23-12-14-24(15-13-23)29-22-36-31(37-29)25-10-6-5-7-11-25/h12-17,22,25H,5-11,18-21H2,1-4H3,(H,36,37). The molecule has 39 heavy (non-hydrogen) atoms. The summed E-state index contributed by atoms with van der Waals surface area (Å²) >= 11 is 0. The highest BCUT2D eigenvalue weighted by Gasteiger charge is 2.53. The first-order chi connectivity index (χ1) is 18.8. The predicted octanol–water partition coefficient (Wildman–Crippen LogP) is 7.85. The summed E-state index contributed by atoms with van der Waals surface area (Å²) in [6.45, 7) is 8.61. The van der Waals surface area contributed by atoms with Crippen LogP contribution in [-0.2, 0) is 21.1 Å². The molecule has 204 valence electrons. The van der Waals surface area contributed by atoms with E-state index in [4.69, 9.17) is 14.3 Å². The molecule has 7 rings (SSSR count). The maximum atomic E-state index is 6.55. The molecule has 2 aromatic carbocycles. The largest absolute Gasteiger partial charge is 0.495 e. The maximum absolute atomic E-state index is 6.55. The predicted molar refractivity (Wildman–Crippen MR) is 159 cm³/mol. The summed E-state index contributed by atoms with van der Waals surface area (Å²) in [6, 6.07) is 13.8. The summed E-state index contributed by atoms with van der Waals surface area (Å²) in [6.07, 6.45) is 16.2. The third-order valence-electron chi connectivity index (χ3n) is 10.9. The van der Waals surface area contributed by atoms with Crippen LogP contribution in [0.1, 0.15) is 115 Å². The molecule has 1 saturated heterocycles. The minimum atomic E-state index is -0.327. The molecule has 4 aliphatic rings. The quantitative estimate of drug-likeness (QED) is 0.355. The molecule has 0 radical (unpaired) electrons. The van der Waals surface area contributed by atoms with Crippen LogP contribution in [0.5, 0.6) is 0 Å². The first kappa shape index (κ1) is 25.6. The fourth-order valence-corrected chi connectivity index (χ4v) is 7.91. The lowest BCUT2D eigenvalue weighted by Gasteiger charge is -2.32. The maximum Gasteiger partial charge on any atom is 0.495 e. The smallest absolute Gasteiger partial charge is 0.399 e. The van der Waals surface area contributed by atoms with Crippen LogP contribution >= 0.6 is 0 Å². The van der Waals surface area contributed by atoms with E-state index in [1.54, 1.807) is 5.56 Å². The Morgan fingerprint density at radius 2 is 1.46 bits per heavy atom. The third kappa shape index (κ3) is 4.23. The molecule has 0 bridgehead atoms. The Morgan fingerprint density at radius 3 is 2.15 bits per heavy atom. The molecule has 1 aromatic heterocycles. The molecule has 2 saturated carbocycles. The van der Waals surface area contributed by atoms with Gasteiger partial charge in [0, 0.05) is 5.92 Å². The van der Waals surface area contributed by atoms with Crippen LogP contribution in [0.25, 0.3) is 22.4 Å². The highest BCUT2D eigenvalue weighted by molar-refractivity contribution is 6.62. The van der Waals surface area contributed by atoms with E-state index in [1.165, 1.54) is 97.7 Å². The van der Waals surface area contributed by atoms with Crippen LogP contribution in [0.2, 0.25) is 0 Å². The SMILES string of the molecule is CC1(C)OB(c2ccc(-c3ccc(-c4cnc(C5CCCCC5)[nH]4)cc3)c3c2CCC32CCCC2)OC1(C)C. The van der Waals surface area contributed by atoms with Gasteiger partial charge in [0.1, 0.15) is 5.82 Å². The zero-order valence-electron chi connectivity index (χ0n) is 24.2. The van der Waals surface area contributed by atoms with E-state index < -0.39 is 0 Å². The summed E-state index contributed by atoms with van der Waals surface area (Å²) in [4.78, 5) is 8.43. The summed E-state index contributed by atoms with van der Waals surface area (Å²) in [5.41, 5.74) is 9.05. The van der Waals surface area contributed by atoms with Crippen molar-refractivity contribution in [2.45, 2.75) is 121 Å². The van der Waals surface area contributed by atoms with Crippen molar-refractivity contribution in [3.05, 3.63) is 59.5 Å². The number of H-pyrrole nitrogens is 1. The van der Waals surface area contributed by atoms with Crippen molar-refractivity contribution in [3.63, 3.8) is 0 Å². The summed E-state index contributed by atoms with van der Waals surface area (Å²) in [5, 5.41) is 0. The van der Waals surface area contributed by atoms with Crippen LogP contribution in [0.3, 0.4) is 0 Å². The molecule has 3 aliphatic carbocycles. The summed E-state index contributed by atoms with van der Waals surface area (Å²) < 4.78 is 13.1. The molecule has 0 unspecified atom stereocenters. The highest BCUT2D eigenvalue weighted by atomic mass is 16.7. The first-order valence-corrected chi connectivity index (χ1v) is 15.4. The fourth-order valence-electron chi connectivity index (χ4n) is 7.91. The van der Waals surface area contributed by atoms with Gasteiger partial charge in [0.25, 0.3) is 0 Å². The van der Waals surface area contributed by atoms with Crippen LogP contribution in [-0.4, -0.2) is 28.3 Å². The number of hydrogen-bond donors (Lipinski definition) is 1. The lowest BCUT2D eigenvalue weighted by molar-refractivity contribution is 0.00578. The van der Waals surface area contributed by atoms with Gasteiger partial charge in [-0.25, -0.2) is 4.98 Å². The Balaban J connectivity index is 1.23. The molecule has 4 nitrogen and oxygen atoms in total. The van der Waals surface area contributed by atoms with Gasteiger partial charge in [-0.15, -0.1) is 0 Å². The molecule has 0 amide bonds. The molecule has 3 aromatic rings. The second-order valence-corrected chi connectivity index (χ2v) is 13.7. The van der Waals surface area contributed by atoms with Gasteiger partial charge >= 0.3 is 7.12 Å². The van der Waals surface area contributed by atoms with Crippen LogP contribution in [0, 0.1) is 0 Å². The molecule has 1 aliphatic heterocycles. The van der Waals surface area contributed by atoms with E-state index in [1.807, 2.05) is 6.20 Å². The second kappa shape index (κ2) is 9.34. The number of rotatable bonds is 4. The van der Waals surface area contributed by atoms with Gasteiger partial charge in [0.05, 0.1) is 23.1 Å². The van der Waals surface area contributed by atoms with E-state index in [0.29, 0.717) is 11.3 Å². The van der Waals surface area contributed by atoms with Gasteiger partial charge in [-0.1, -0.05) is 68.5 Å². The molecular weight excluding hydrogens is 479 g/mol. The number of hydrogen-bond acceptors (Lipinski definition) is 3. The second-order valence-electron chi connectivity index (χ2n) is 13.7. The lowest BCUT2D eigenvalue weighted by Crippen LogP contribution is -2.41. The van der Waals surface area contributed by atoms with Crippen molar-refractivity contribution >= 4 is 12.6 Å². The molecule has 1 N–H and O–H groups in total. The highest BCUT2D eigenvalue weighted by Crippen LogP contribution is 2.53. The Bertz CT molecular complexity index is 1340. The molecule has 0 atom stereocenters. The number of nitrogens with one attached hydrogen (secondary N) is 1. The van der Waals surface area contributed by atoms with Crippen LogP contribution in [0.15, 0.2) is 42.6 Å².